The maximum absolute atomic E-state index is 13.3. The van der Waals surface area contributed by atoms with Crippen LogP contribution in [0.2, 0.25) is 5.02 Å². The molecule has 2 heterocycles. The van der Waals surface area contributed by atoms with E-state index in [0.29, 0.717) is 60.1 Å². The molecule has 0 atom stereocenters. The molecule has 2 aromatic rings. The first-order chi connectivity index (χ1) is 14.5. The summed E-state index contributed by atoms with van der Waals surface area (Å²) in [5, 5.41) is 0.484. The van der Waals surface area contributed by atoms with Crippen molar-refractivity contribution in [2.24, 2.45) is 5.92 Å². The van der Waals surface area contributed by atoms with E-state index in [2.05, 4.69) is 13.8 Å². The Bertz CT molecular complexity index is 939. The third kappa shape index (κ3) is 3.64. The lowest BCUT2D eigenvalue weighted by Crippen LogP contribution is -2.40. The summed E-state index contributed by atoms with van der Waals surface area (Å²) in [5.41, 5.74) is 2.16. The van der Waals surface area contributed by atoms with Crippen molar-refractivity contribution in [3.05, 3.63) is 52.5 Å². The number of hydrogen-bond donors (Lipinski definition) is 0. The van der Waals surface area contributed by atoms with Gasteiger partial charge >= 0.3 is 0 Å². The first-order valence-electron chi connectivity index (χ1n) is 10.1. The number of amides is 1. The predicted octanol–water partition coefficient (Wildman–Crippen LogP) is 4.52. The van der Waals surface area contributed by atoms with Gasteiger partial charge in [0, 0.05) is 5.56 Å². The minimum atomic E-state index is -1.40. The van der Waals surface area contributed by atoms with Crippen molar-refractivity contribution in [1.29, 1.82) is 0 Å². The zero-order chi connectivity index (χ0) is 21.3. The third-order valence-corrected chi connectivity index (χ3v) is 5.66. The Morgan fingerprint density at radius 1 is 1.17 bits per heavy atom. The van der Waals surface area contributed by atoms with Gasteiger partial charge in [0.2, 0.25) is 0 Å². The fraction of sp³-hybridized carbons (Fsp3) is 0.435. The third-order valence-electron chi connectivity index (χ3n) is 5.35. The van der Waals surface area contributed by atoms with Gasteiger partial charge in [-0.3, -0.25) is 4.79 Å². The zero-order valence-corrected chi connectivity index (χ0v) is 18.2. The minimum Gasteiger partial charge on any atom is -0.493 e. The van der Waals surface area contributed by atoms with Crippen LogP contribution in [0.4, 0.5) is 5.69 Å². The predicted molar refractivity (Wildman–Crippen MR) is 114 cm³/mol. The molecule has 1 spiro atoms. The van der Waals surface area contributed by atoms with Crippen LogP contribution in [0.5, 0.6) is 11.5 Å². The molecule has 1 fully saturated rings. The second-order valence-corrected chi connectivity index (χ2v) is 8.26. The summed E-state index contributed by atoms with van der Waals surface area (Å²) in [5.74, 6) is 0.217. The molecule has 1 saturated heterocycles. The number of anilines is 1. The molecule has 0 aromatic heterocycles. The van der Waals surface area contributed by atoms with Gasteiger partial charge in [0.15, 0.2) is 11.5 Å². The van der Waals surface area contributed by atoms with Crippen LogP contribution < -0.4 is 14.4 Å². The van der Waals surface area contributed by atoms with Crippen LogP contribution in [0.25, 0.3) is 0 Å². The fourth-order valence-corrected chi connectivity index (χ4v) is 4.09. The molecule has 0 radical (unpaired) electrons. The summed E-state index contributed by atoms with van der Waals surface area (Å²) < 4.78 is 22.9. The summed E-state index contributed by atoms with van der Waals surface area (Å²) in [6.45, 7) is 5.98. The lowest BCUT2D eigenvalue weighted by molar-refractivity contribution is -0.180. The highest BCUT2D eigenvalue weighted by atomic mass is 35.5. The van der Waals surface area contributed by atoms with Gasteiger partial charge in [-0.25, -0.2) is 0 Å². The molecule has 0 bridgehead atoms. The van der Waals surface area contributed by atoms with E-state index in [4.69, 9.17) is 30.5 Å². The van der Waals surface area contributed by atoms with Crippen molar-refractivity contribution in [3.63, 3.8) is 0 Å². The lowest BCUT2D eigenvalue weighted by atomic mass is 10.1. The summed E-state index contributed by atoms with van der Waals surface area (Å²) >= 11 is 6.47. The summed E-state index contributed by atoms with van der Waals surface area (Å²) in [6.07, 6.45) is 0.963. The van der Waals surface area contributed by atoms with Gasteiger partial charge in [-0.2, -0.15) is 0 Å². The number of hydrogen-bond acceptors (Lipinski definition) is 5. The van der Waals surface area contributed by atoms with Gasteiger partial charge in [-0.05, 0) is 36.1 Å². The number of halogens is 1. The van der Waals surface area contributed by atoms with Gasteiger partial charge in [0.25, 0.3) is 11.7 Å². The van der Waals surface area contributed by atoms with Crippen LogP contribution in [0.1, 0.15) is 31.4 Å². The monoisotopic (exact) mass is 431 g/mol. The summed E-state index contributed by atoms with van der Waals surface area (Å²) in [6, 6.07) is 11.1. The van der Waals surface area contributed by atoms with E-state index >= 15 is 0 Å². The number of nitrogens with zero attached hydrogens (tertiary/aromatic N) is 1. The van der Waals surface area contributed by atoms with Crippen LogP contribution in [0.3, 0.4) is 0 Å². The Morgan fingerprint density at radius 2 is 1.93 bits per heavy atom. The number of carbonyl (C=O) groups is 1. The Kier molecular flexibility index (Phi) is 5.91. The van der Waals surface area contributed by atoms with E-state index in [1.165, 1.54) is 0 Å². The molecule has 0 unspecified atom stereocenters. The van der Waals surface area contributed by atoms with Crippen LogP contribution in [0.15, 0.2) is 36.4 Å². The molecule has 0 saturated carbocycles. The van der Waals surface area contributed by atoms with Crippen molar-refractivity contribution in [2.75, 3.05) is 31.8 Å². The second kappa shape index (κ2) is 8.46. The van der Waals surface area contributed by atoms with Crippen LogP contribution >= 0.6 is 11.6 Å². The fourth-order valence-electron chi connectivity index (χ4n) is 3.81. The van der Waals surface area contributed by atoms with Gasteiger partial charge in [0.05, 0.1) is 44.2 Å². The molecule has 2 aliphatic heterocycles. The van der Waals surface area contributed by atoms with E-state index in [1.807, 2.05) is 24.3 Å². The number of carbonyl (C=O) groups excluding carboxylic acids is 1. The smallest absolute Gasteiger partial charge is 0.292 e. The first-order valence-corrected chi connectivity index (χ1v) is 10.5. The van der Waals surface area contributed by atoms with E-state index in [9.17, 15) is 4.79 Å². The van der Waals surface area contributed by atoms with E-state index in [1.54, 1.807) is 24.1 Å². The normalized spacial score (nSPS) is 17.1. The average Bonchev–Trinajstić information content (AvgIpc) is 3.30. The highest BCUT2D eigenvalue weighted by Gasteiger charge is 2.56. The van der Waals surface area contributed by atoms with Crippen molar-refractivity contribution in [2.45, 2.75) is 32.6 Å². The quantitative estimate of drug-likeness (QED) is 0.645. The standard InChI is InChI=1S/C23H26ClNO5/c1-15(2)9-10-28-19-8-7-16(13-20(19)27-3)14-25-21-17(5-4-6-18(21)24)23(22(25)26)29-11-12-30-23/h4-8,13,15H,9-12,14H2,1-3H3. The molecule has 2 aromatic carbocycles. The Morgan fingerprint density at radius 3 is 2.63 bits per heavy atom. The SMILES string of the molecule is COc1cc(CN2C(=O)C3(OCCO3)c3cccc(Cl)c32)ccc1OCCC(C)C. The molecular formula is C23H26ClNO5. The molecule has 0 aliphatic carbocycles. The minimum absolute atomic E-state index is 0.265. The van der Waals surface area contributed by atoms with Gasteiger partial charge in [0.1, 0.15) is 0 Å². The molecular weight excluding hydrogens is 406 g/mol. The highest BCUT2D eigenvalue weighted by molar-refractivity contribution is 6.35. The molecule has 30 heavy (non-hydrogen) atoms. The molecule has 1 amide bonds. The Labute approximate surface area is 181 Å². The summed E-state index contributed by atoms with van der Waals surface area (Å²) in [4.78, 5) is 15.0. The zero-order valence-electron chi connectivity index (χ0n) is 17.4. The Hall–Kier alpha value is -2.28. The van der Waals surface area contributed by atoms with Crippen LogP contribution in [-0.2, 0) is 26.6 Å². The van der Waals surface area contributed by atoms with E-state index in [0.717, 1.165) is 12.0 Å². The highest BCUT2D eigenvalue weighted by Crippen LogP contribution is 2.49. The van der Waals surface area contributed by atoms with Crippen LogP contribution in [-0.4, -0.2) is 32.8 Å². The summed E-state index contributed by atoms with van der Waals surface area (Å²) in [7, 11) is 1.61. The van der Waals surface area contributed by atoms with Crippen molar-refractivity contribution in [1.82, 2.24) is 0 Å². The van der Waals surface area contributed by atoms with E-state index in [-0.39, 0.29) is 5.91 Å². The maximum Gasteiger partial charge on any atom is 0.292 e. The van der Waals surface area contributed by atoms with Gasteiger partial charge in [-0.15, -0.1) is 0 Å². The average molecular weight is 432 g/mol. The largest absolute Gasteiger partial charge is 0.493 e. The molecule has 4 rings (SSSR count). The van der Waals surface area contributed by atoms with Crippen LogP contribution in [0, 0.1) is 5.92 Å². The number of rotatable bonds is 7. The van der Waals surface area contributed by atoms with Gasteiger partial charge < -0.3 is 23.8 Å². The number of methoxy groups -OCH3 is 1. The topological polar surface area (TPSA) is 57.2 Å². The number of ether oxygens (including phenoxy) is 4. The molecule has 7 heteroatoms. The number of fused-ring (bicyclic) bond motifs is 2. The van der Waals surface area contributed by atoms with Crippen molar-refractivity contribution < 1.29 is 23.7 Å². The lowest BCUT2D eigenvalue weighted by Gasteiger charge is -2.22. The second-order valence-electron chi connectivity index (χ2n) is 7.86. The van der Waals surface area contributed by atoms with Gasteiger partial charge in [-0.1, -0.05) is 43.6 Å². The molecule has 160 valence electrons. The number of benzene rings is 2. The maximum atomic E-state index is 13.3. The molecule has 6 nitrogen and oxygen atoms in total. The number of para-hydroxylation sites is 1. The molecule has 0 N–H and O–H groups in total. The molecule has 2 aliphatic rings. The van der Waals surface area contributed by atoms with Crippen molar-refractivity contribution in [3.8, 4) is 11.5 Å². The van der Waals surface area contributed by atoms with E-state index < -0.39 is 5.79 Å². The first kappa shape index (κ1) is 21.0. The Balaban J connectivity index is 1.61. The van der Waals surface area contributed by atoms with Crippen molar-refractivity contribution >= 4 is 23.2 Å².